The van der Waals surface area contributed by atoms with Gasteiger partial charge in [0.15, 0.2) is 0 Å². The fraction of sp³-hybridized carbons (Fsp3) is 0.800. The van der Waals surface area contributed by atoms with Gasteiger partial charge in [-0.2, -0.15) is 0 Å². The molecule has 0 rings (SSSR count). The van der Waals surface area contributed by atoms with E-state index in [1.165, 1.54) is 11.8 Å². The van der Waals surface area contributed by atoms with E-state index in [-0.39, 0.29) is 6.54 Å². The Morgan fingerprint density at radius 1 is 1.89 bits per heavy atom. The molecule has 0 aliphatic heterocycles. The number of rotatable bonds is 4. The third kappa shape index (κ3) is 3.37. The van der Waals surface area contributed by atoms with Crippen LogP contribution in [0, 0.1) is 0 Å². The lowest BCUT2D eigenvalue weighted by molar-refractivity contribution is -0.136. The largest absolute Gasteiger partial charge is 0.480 e. The van der Waals surface area contributed by atoms with Crippen LogP contribution in [0.3, 0.4) is 0 Å². The number of carboxylic acids is 1. The summed E-state index contributed by atoms with van der Waals surface area (Å²) in [5, 5.41) is 7.98. The molecular weight excluding hydrogens is 138 g/mol. The van der Waals surface area contributed by atoms with Crippen LogP contribution in [0.25, 0.3) is 0 Å². The first-order valence-electron chi connectivity index (χ1n) is 2.76. The van der Waals surface area contributed by atoms with Gasteiger partial charge < -0.3 is 10.8 Å². The standard InChI is InChI=1S/C5H11NO2S/c1-2-9-4(3-6)5(7)8/h4H,2-3,6H2,1H3,(H,7,8). The minimum atomic E-state index is -0.815. The van der Waals surface area contributed by atoms with Crippen LogP contribution in [0.5, 0.6) is 0 Å². The summed E-state index contributed by atoms with van der Waals surface area (Å²) in [7, 11) is 0. The highest BCUT2D eigenvalue weighted by atomic mass is 32.2. The van der Waals surface area contributed by atoms with Crippen molar-refractivity contribution in [2.45, 2.75) is 12.2 Å². The molecule has 0 aromatic rings. The molecule has 0 aromatic heterocycles. The van der Waals surface area contributed by atoms with Gasteiger partial charge in [0, 0.05) is 6.54 Å². The summed E-state index contributed by atoms with van der Waals surface area (Å²) >= 11 is 1.36. The van der Waals surface area contributed by atoms with E-state index in [1.807, 2.05) is 6.92 Å². The summed E-state index contributed by atoms with van der Waals surface area (Å²) in [5.74, 6) is -0.0156. The molecule has 0 aliphatic rings. The highest BCUT2D eigenvalue weighted by Crippen LogP contribution is 2.07. The monoisotopic (exact) mass is 149 g/mol. The van der Waals surface area contributed by atoms with Crippen LogP contribution < -0.4 is 5.73 Å². The van der Waals surface area contributed by atoms with Crippen LogP contribution in [-0.4, -0.2) is 28.6 Å². The van der Waals surface area contributed by atoms with Gasteiger partial charge in [0.1, 0.15) is 5.25 Å². The van der Waals surface area contributed by atoms with E-state index >= 15 is 0 Å². The van der Waals surface area contributed by atoms with Crippen molar-refractivity contribution in [1.82, 2.24) is 0 Å². The molecule has 1 atom stereocenters. The summed E-state index contributed by atoms with van der Waals surface area (Å²) in [6.45, 7) is 2.13. The van der Waals surface area contributed by atoms with Gasteiger partial charge in [-0.05, 0) is 5.75 Å². The zero-order valence-electron chi connectivity index (χ0n) is 5.33. The lowest BCUT2D eigenvalue weighted by Gasteiger charge is -2.05. The lowest BCUT2D eigenvalue weighted by atomic mass is 10.4. The van der Waals surface area contributed by atoms with Gasteiger partial charge in [-0.15, -0.1) is 11.8 Å². The van der Waals surface area contributed by atoms with Crippen molar-refractivity contribution in [3.8, 4) is 0 Å². The molecule has 9 heavy (non-hydrogen) atoms. The summed E-state index contributed by atoms with van der Waals surface area (Å²) in [5.41, 5.74) is 5.16. The van der Waals surface area contributed by atoms with Crippen molar-refractivity contribution < 1.29 is 9.90 Å². The molecule has 0 radical (unpaired) electrons. The van der Waals surface area contributed by atoms with Crippen LogP contribution in [0.15, 0.2) is 0 Å². The Balaban J connectivity index is 3.54. The molecule has 0 saturated heterocycles. The van der Waals surface area contributed by atoms with E-state index in [1.54, 1.807) is 0 Å². The number of aliphatic carboxylic acids is 1. The van der Waals surface area contributed by atoms with Crippen molar-refractivity contribution in [3.05, 3.63) is 0 Å². The zero-order valence-corrected chi connectivity index (χ0v) is 6.15. The predicted molar refractivity (Wildman–Crippen MR) is 38.6 cm³/mol. The van der Waals surface area contributed by atoms with Crippen LogP contribution in [0.4, 0.5) is 0 Å². The van der Waals surface area contributed by atoms with E-state index in [4.69, 9.17) is 10.8 Å². The average Bonchev–Trinajstić information content (AvgIpc) is 1.82. The lowest BCUT2D eigenvalue weighted by Crippen LogP contribution is -2.26. The smallest absolute Gasteiger partial charge is 0.317 e. The van der Waals surface area contributed by atoms with E-state index in [0.29, 0.717) is 0 Å². The number of nitrogens with two attached hydrogens (primary N) is 1. The molecule has 0 saturated carbocycles. The van der Waals surface area contributed by atoms with Gasteiger partial charge >= 0.3 is 5.97 Å². The van der Waals surface area contributed by atoms with Gasteiger partial charge in [-0.1, -0.05) is 6.92 Å². The van der Waals surface area contributed by atoms with Gasteiger partial charge in [0.25, 0.3) is 0 Å². The summed E-state index contributed by atoms with van der Waals surface area (Å²) in [6, 6.07) is 0. The number of hydrogen-bond donors (Lipinski definition) is 2. The Kier molecular flexibility index (Phi) is 4.53. The highest BCUT2D eigenvalue weighted by molar-refractivity contribution is 8.00. The maximum absolute atomic E-state index is 10.2. The van der Waals surface area contributed by atoms with Gasteiger partial charge in [-0.25, -0.2) is 0 Å². The first kappa shape index (κ1) is 8.78. The first-order chi connectivity index (χ1) is 4.22. The topological polar surface area (TPSA) is 63.3 Å². The Hall–Kier alpha value is -0.220. The van der Waals surface area contributed by atoms with Crippen LogP contribution in [0.1, 0.15) is 6.92 Å². The van der Waals surface area contributed by atoms with Gasteiger partial charge in [-0.3, -0.25) is 4.79 Å². The molecule has 54 valence electrons. The molecule has 0 bridgehead atoms. The molecular formula is C5H11NO2S. The molecule has 1 unspecified atom stereocenters. The van der Waals surface area contributed by atoms with Crippen molar-refractivity contribution in [2.24, 2.45) is 5.73 Å². The van der Waals surface area contributed by atoms with Crippen molar-refractivity contribution >= 4 is 17.7 Å². The second kappa shape index (κ2) is 4.64. The average molecular weight is 149 g/mol. The van der Waals surface area contributed by atoms with Crippen LogP contribution in [0.2, 0.25) is 0 Å². The van der Waals surface area contributed by atoms with Gasteiger partial charge in [0.05, 0.1) is 0 Å². The van der Waals surface area contributed by atoms with E-state index in [2.05, 4.69) is 0 Å². The zero-order chi connectivity index (χ0) is 7.28. The molecule has 4 heteroatoms. The van der Waals surface area contributed by atoms with Gasteiger partial charge in [0.2, 0.25) is 0 Å². The minimum absolute atomic E-state index is 0.216. The molecule has 0 fully saturated rings. The quantitative estimate of drug-likeness (QED) is 0.597. The summed E-state index contributed by atoms with van der Waals surface area (Å²) < 4.78 is 0. The second-order valence-corrected chi connectivity index (χ2v) is 3.00. The molecule has 0 heterocycles. The maximum Gasteiger partial charge on any atom is 0.317 e. The highest BCUT2D eigenvalue weighted by Gasteiger charge is 2.13. The maximum atomic E-state index is 10.2. The summed E-state index contributed by atoms with van der Waals surface area (Å²) in [4.78, 5) is 10.2. The third-order valence-electron chi connectivity index (χ3n) is 0.857. The van der Waals surface area contributed by atoms with E-state index in [0.717, 1.165) is 5.75 Å². The number of carbonyl (C=O) groups is 1. The number of thioether (sulfide) groups is 1. The number of hydrogen-bond acceptors (Lipinski definition) is 3. The molecule has 3 N–H and O–H groups in total. The van der Waals surface area contributed by atoms with Crippen LogP contribution >= 0.6 is 11.8 Å². The Morgan fingerprint density at radius 3 is 2.56 bits per heavy atom. The SMILES string of the molecule is CCSC(CN)C(=O)O. The first-order valence-corrected chi connectivity index (χ1v) is 3.81. The van der Waals surface area contributed by atoms with Crippen molar-refractivity contribution in [1.29, 1.82) is 0 Å². The van der Waals surface area contributed by atoms with E-state index < -0.39 is 11.2 Å². The molecule has 0 amide bonds. The van der Waals surface area contributed by atoms with Crippen molar-refractivity contribution in [2.75, 3.05) is 12.3 Å². The molecule has 3 nitrogen and oxygen atoms in total. The normalized spacial score (nSPS) is 13.1. The Bertz CT molecular complexity index is 97.0. The van der Waals surface area contributed by atoms with Crippen LogP contribution in [-0.2, 0) is 4.79 Å². The number of carboxylic acid groups (broad SMARTS) is 1. The minimum Gasteiger partial charge on any atom is -0.480 e. The molecule has 0 spiro atoms. The fourth-order valence-electron chi connectivity index (χ4n) is 0.441. The predicted octanol–water partition coefficient (Wildman–Crippen LogP) is 0.151. The second-order valence-electron chi connectivity index (χ2n) is 1.52. The Morgan fingerprint density at radius 2 is 2.44 bits per heavy atom. The van der Waals surface area contributed by atoms with Crippen molar-refractivity contribution in [3.63, 3.8) is 0 Å². The molecule has 0 aromatic carbocycles. The third-order valence-corrected chi connectivity index (χ3v) is 1.99. The summed E-state index contributed by atoms with van der Waals surface area (Å²) in [6.07, 6.45) is 0. The fourth-order valence-corrected chi connectivity index (χ4v) is 1.12. The molecule has 0 aliphatic carbocycles. The van der Waals surface area contributed by atoms with E-state index in [9.17, 15) is 4.79 Å². The Labute approximate surface area is 58.6 Å².